The predicted octanol–water partition coefficient (Wildman–Crippen LogP) is 0.716. The summed E-state index contributed by atoms with van der Waals surface area (Å²) in [4.78, 5) is 25.2. The molecular formula is C13H14N2O3. The molecule has 0 atom stereocenters. The van der Waals surface area contributed by atoms with Crippen LogP contribution in [0.15, 0.2) is 18.2 Å². The van der Waals surface area contributed by atoms with Crippen molar-refractivity contribution >= 4 is 17.4 Å². The Hall–Kier alpha value is -1.88. The third-order valence-electron chi connectivity index (χ3n) is 3.55. The number of fused-ring (bicyclic) bond motifs is 1. The molecule has 5 nitrogen and oxygen atoms in total. The van der Waals surface area contributed by atoms with Gasteiger partial charge in [-0.25, -0.2) is 0 Å². The van der Waals surface area contributed by atoms with Gasteiger partial charge in [-0.3, -0.25) is 9.59 Å². The maximum absolute atomic E-state index is 12.1. The number of ether oxygens (including phenoxy) is 1. The normalized spacial score (nSPS) is 20.1. The summed E-state index contributed by atoms with van der Waals surface area (Å²) in [6, 6.07) is 5.11. The minimum atomic E-state index is -0.688. The molecule has 0 radical (unpaired) electrons. The van der Waals surface area contributed by atoms with Crippen LogP contribution in [0.5, 0.6) is 5.75 Å². The zero-order chi connectivity index (χ0) is 12.9. The van der Waals surface area contributed by atoms with Crippen LogP contribution in [-0.2, 0) is 4.79 Å². The molecular weight excluding hydrogens is 232 g/mol. The molecule has 2 N–H and O–H groups in total. The first kappa shape index (κ1) is 11.2. The SMILES string of the molecule is CN1C(=O)COc2ccc(C(=O)C3(N)CC3)cc21. The molecule has 1 aromatic rings. The number of hydrogen-bond donors (Lipinski definition) is 1. The number of carbonyl (C=O) groups excluding carboxylic acids is 2. The first-order valence-electron chi connectivity index (χ1n) is 5.88. The van der Waals surface area contributed by atoms with Crippen LogP contribution >= 0.6 is 0 Å². The number of Topliss-reactive ketones (excluding diaryl/α,β-unsaturated/α-hetero) is 1. The van der Waals surface area contributed by atoms with Gasteiger partial charge in [0.25, 0.3) is 5.91 Å². The molecule has 0 aromatic heterocycles. The number of nitrogens with zero attached hydrogens (tertiary/aromatic N) is 1. The van der Waals surface area contributed by atoms with E-state index in [9.17, 15) is 9.59 Å². The fourth-order valence-corrected chi connectivity index (χ4v) is 2.06. The van der Waals surface area contributed by atoms with Crippen LogP contribution in [-0.4, -0.2) is 30.9 Å². The highest BCUT2D eigenvalue weighted by Crippen LogP contribution is 2.38. The van der Waals surface area contributed by atoms with Gasteiger partial charge in [0, 0.05) is 12.6 Å². The van der Waals surface area contributed by atoms with Gasteiger partial charge < -0.3 is 15.4 Å². The zero-order valence-electron chi connectivity index (χ0n) is 10.1. The number of anilines is 1. The van der Waals surface area contributed by atoms with Gasteiger partial charge in [-0.15, -0.1) is 0 Å². The smallest absolute Gasteiger partial charge is 0.264 e. The Morgan fingerprint density at radius 3 is 2.83 bits per heavy atom. The minimum absolute atomic E-state index is 0.0393. The first-order chi connectivity index (χ1) is 8.51. The van der Waals surface area contributed by atoms with Gasteiger partial charge in [-0.05, 0) is 31.0 Å². The van der Waals surface area contributed by atoms with Crippen LogP contribution in [0, 0.1) is 0 Å². The van der Waals surface area contributed by atoms with Crippen LogP contribution in [0.1, 0.15) is 23.2 Å². The van der Waals surface area contributed by atoms with Crippen LogP contribution in [0.25, 0.3) is 0 Å². The summed E-state index contributed by atoms with van der Waals surface area (Å²) in [6.45, 7) is 0.0393. The van der Waals surface area contributed by atoms with Gasteiger partial charge in [0.05, 0.1) is 11.2 Å². The summed E-state index contributed by atoms with van der Waals surface area (Å²) in [5.74, 6) is 0.438. The zero-order valence-corrected chi connectivity index (χ0v) is 10.1. The molecule has 3 rings (SSSR count). The maximum atomic E-state index is 12.1. The molecule has 0 saturated heterocycles. The Bertz CT molecular complexity index is 549. The highest BCUT2D eigenvalue weighted by molar-refractivity contribution is 6.07. The van der Waals surface area contributed by atoms with Crippen molar-refractivity contribution in [1.29, 1.82) is 0 Å². The summed E-state index contributed by atoms with van der Waals surface area (Å²) in [5.41, 5.74) is 6.38. The van der Waals surface area contributed by atoms with E-state index in [2.05, 4.69) is 0 Å². The van der Waals surface area contributed by atoms with Gasteiger partial charge in [-0.2, -0.15) is 0 Å². The van der Waals surface area contributed by atoms with Crippen LogP contribution in [0.3, 0.4) is 0 Å². The lowest BCUT2D eigenvalue weighted by Gasteiger charge is -2.26. The molecule has 1 heterocycles. The lowest BCUT2D eigenvalue weighted by atomic mass is 10.0. The Morgan fingerprint density at radius 1 is 1.44 bits per heavy atom. The highest BCUT2D eigenvalue weighted by Gasteiger charge is 2.46. The molecule has 1 aromatic carbocycles. The second-order valence-electron chi connectivity index (χ2n) is 4.91. The van der Waals surface area contributed by atoms with Crippen molar-refractivity contribution < 1.29 is 14.3 Å². The van der Waals surface area contributed by atoms with Crippen molar-refractivity contribution in [2.24, 2.45) is 5.73 Å². The van der Waals surface area contributed by atoms with E-state index in [0.29, 0.717) is 17.0 Å². The average Bonchev–Trinajstić information content (AvgIpc) is 3.12. The highest BCUT2D eigenvalue weighted by atomic mass is 16.5. The molecule has 1 saturated carbocycles. The van der Waals surface area contributed by atoms with Crippen molar-refractivity contribution in [3.8, 4) is 5.75 Å². The molecule has 1 fully saturated rings. The Balaban J connectivity index is 2.00. The van der Waals surface area contributed by atoms with Gasteiger partial charge in [0.1, 0.15) is 5.75 Å². The number of carbonyl (C=O) groups is 2. The first-order valence-corrected chi connectivity index (χ1v) is 5.88. The summed E-state index contributed by atoms with van der Waals surface area (Å²) in [7, 11) is 1.67. The number of ketones is 1. The van der Waals surface area contributed by atoms with Crippen LogP contribution in [0.2, 0.25) is 0 Å². The van der Waals surface area contributed by atoms with E-state index in [-0.39, 0.29) is 18.3 Å². The third-order valence-corrected chi connectivity index (χ3v) is 3.55. The summed E-state index contributed by atoms with van der Waals surface area (Å²) in [6.07, 6.45) is 1.46. The lowest BCUT2D eigenvalue weighted by molar-refractivity contribution is -0.120. The number of amides is 1. The molecule has 2 aliphatic rings. The number of likely N-dealkylation sites (N-methyl/N-ethyl adjacent to an activating group) is 1. The Morgan fingerprint density at radius 2 is 2.17 bits per heavy atom. The topological polar surface area (TPSA) is 72.6 Å². The van der Waals surface area contributed by atoms with E-state index in [4.69, 9.17) is 10.5 Å². The van der Waals surface area contributed by atoms with Gasteiger partial charge in [0.15, 0.2) is 12.4 Å². The lowest BCUT2D eigenvalue weighted by Crippen LogP contribution is -2.36. The van der Waals surface area contributed by atoms with Crippen molar-refractivity contribution in [3.05, 3.63) is 23.8 Å². The van der Waals surface area contributed by atoms with E-state index in [0.717, 1.165) is 12.8 Å². The maximum Gasteiger partial charge on any atom is 0.264 e. The second kappa shape index (κ2) is 3.55. The Labute approximate surface area is 105 Å². The summed E-state index contributed by atoms with van der Waals surface area (Å²) in [5, 5.41) is 0. The molecule has 94 valence electrons. The molecule has 1 aliphatic heterocycles. The summed E-state index contributed by atoms with van der Waals surface area (Å²) >= 11 is 0. The quantitative estimate of drug-likeness (QED) is 0.780. The van der Waals surface area contributed by atoms with Gasteiger partial charge >= 0.3 is 0 Å². The monoisotopic (exact) mass is 246 g/mol. The van der Waals surface area contributed by atoms with Crippen molar-refractivity contribution in [2.75, 3.05) is 18.6 Å². The second-order valence-corrected chi connectivity index (χ2v) is 4.91. The summed E-state index contributed by atoms with van der Waals surface area (Å²) < 4.78 is 5.31. The van der Waals surface area contributed by atoms with E-state index in [1.165, 1.54) is 4.90 Å². The van der Waals surface area contributed by atoms with E-state index in [1.54, 1.807) is 25.2 Å². The van der Waals surface area contributed by atoms with E-state index < -0.39 is 5.54 Å². The van der Waals surface area contributed by atoms with Crippen LogP contribution in [0.4, 0.5) is 5.69 Å². The molecule has 1 aliphatic carbocycles. The predicted molar refractivity (Wildman–Crippen MR) is 65.8 cm³/mol. The fraction of sp³-hybridized carbons (Fsp3) is 0.385. The van der Waals surface area contributed by atoms with E-state index in [1.807, 2.05) is 0 Å². The molecule has 1 amide bonds. The van der Waals surface area contributed by atoms with Crippen LogP contribution < -0.4 is 15.4 Å². The average molecular weight is 246 g/mol. The van der Waals surface area contributed by atoms with Gasteiger partial charge in [-0.1, -0.05) is 0 Å². The molecule has 0 unspecified atom stereocenters. The molecule has 0 bridgehead atoms. The number of hydrogen-bond acceptors (Lipinski definition) is 4. The largest absolute Gasteiger partial charge is 0.482 e. The van der Waals surface area contributed by atoms with Crippen molar-refractivity contribution in [2.45, 2.75) is 18.4 Å². The van der Waals surface area contributed by atoms with Crippen molar-refractivity contribution in [3.63, 3.8) is 0 Å². The van der Waals surface area contributed by atoms with E-state index >= 15 is 0 Å². The number of rotatable bonds is 2. The Kier molecular flexibility index (Phi) is 2.22. The molecule has 18 heavy (non-hydrogen) atoms. The number of benzene rings is 1. The number of nitrogens with two attached hydrogens (primary N) is 1. The fourth-order valence-electron chi connectivity index (χ4n) is 2.06. The van der Waals surface area contributed by atoms with Crippen molar-refractivity contribution in [1.82, 2.24) is 0 Å². The third kappa shape index (κ3) is 1.59. The standard InChI is InChI=1S/C13H14N2O3/c1-15-9-6-8(12(17)13(14)4-5-13)2-3-10(9)18-7-11(15)16/h2-3,6H,4-5,7,14H2,1H3. The minimum Gasteiger partial charge on any atom is -0.482 e. The van der Waals surface area contributed by atoms with Gasteiger partial charge in [0.2, 0.25) is 0 Å². The molecule has 0 spiro atoms. The molecule has 5 heteroatoms.